The third-order valence-corrected chi connectivity index (χ3v) is 3.28. The number of fused-ring (bicyclic) bond motifs is 1. The summed E-state index contributed by atoms with van der Waals surface area (Å²) in [5, 5.41) is 0. The maximum absolute atomic E-state index is 14.0. The van der Waals surface area contributed by atoms with Crippen molar-refractivity contribution in [3.63, 3.8) is 0 Å². The number of nitrogens with two attached hydrogens (primary N) is 1. The predicted octanol–water partition coefficient (Wildman–Crippen LogP) is 3.58. The Hall–Kier alpha value is -2.43. The molecule has 0 radical (unpaired) electrons. The molecular formula is C15H13F2N3. The Balaban J connectivity index is 2.36. The molecule has 102 valence electrons. The second kappa shape index (κ2) is 4.59. The first-order valence-corrected chi connectivity index (χ1v) is 6.32. The van der Waals surface area contributed by atoms with Gasteiger partial charge in [-0.3, -0.25) is 0 Å². The molecule has 5 heteroatoms. The number of hydrogen-bond donors (Lipinski definition) is 1. The summed E-state index contributed by atoms with van der Waals surface area (Å²) >= 11 is 0. The third-order valence-electron chi connectivity index (χ3n) is 3.28. The van der Waals surface area contributed by atoms with Crippen LogP contribution in [0.3, 0.4) is 0 Å². The summed E-state index contributed by atoms with van der Waals surface area (Å²) in [4.78, 5) is 4.25. The van der Waals surface area contributed by atoms with Crippen molar-refractivity contribution in [2.75, 3.05) is 5.73 Å². The highest BCUT2D eigenvalue weighted by Gasteiger charge is 2.17. The Morgan fingerprint density at radius 1 is 1.15 bits per heavy atom. The van der Waals surface area contributed by atoms with Crippen molar-refractivity contribution in [2.45, 2.75) is 13.5 Å². The maximum Gasteiger partial charge on any atom is 0.151 e. The van der Waals surface area contributed by atoms with Crippen LogP contribution in [0.4, 0.5) is 14.5 Å². The molecule has 0 aliphatic rings. The SMILES string of the molecule is CCn1c(-c2cc(N)ccc2F)nc2c(F)cccc21. The summed E-state index contributed by atoms with van der Waals surface area (Å²) < 4.78 is 29.6. The molecule has 0 saturated heterocycles. The smallest absolute Gasteiger partial charge is 0.151 e. The van der Waals surface area contributed by atoms with E-state index in [2.05, 4.69) is 4.98 Å². The molecular weight excluding hydrogens is 260 g/mol. The lowest BCUT2D eigenvalue weighted by Gasteiger charge is -2.07. The van der Waals surface area contributed by atoms with Crippen LogP contribution < -0.4 is 5.73 Å². The molecule has 3 nitrogen and oxygen atoms in total. The quantitative estimate of drug-likeness (QED) is 0.725. The molecule has 0 aliphatic heterocycles. The molecule has 2 aromatic carbocycles. The largest absolute Gasteiger partial charge is 0.399 e. The summed E-state index contributed by atoms with van der Waals surface area (Å²) in [5.74, 6) is -0.456. The van der Waals surface area contributed by atoms with E-state index in [-0.39, 0.29) is 11.1 Å². The highest BCUT2D eigenvalue weighted by Crippen LogP contribution is 2.29. The van der Waals surface area contributed by atoms with Crippen molar-refractivity contribution in [3.05, 3.63) is 48.0 Å². The van der Waals surface area contributed by atoms with Gasteiger partial charge in [-0.1, -0.05) is 6.07 Å². The summed E-state index contributed by atoms with van der Waals surface area (Å²) in [6.07, 6.45) is 0. The van der Waals surface area contributed by atoms with Gasteiger partial charge in [0.2, 0.25) is 0 Å². The number of halogens is 2. The van der Waals surface area contributed by atoms with Gasteiger partial charge >= 0.3 is 0 Å². The third kappa shape index (κ3) is 1.82. The molecule has 0 atom stereocenters. The molecule has 2 N–H and O–H groups in total. The molecule has 3 rings (SSSR count). The Morgan fingerprint density at radius 3 is 2.70 bits per heavy atom. The summed E-state index contributed by atoms with van der Waals surface area (Å²) in [6.45, 7) is 2.46. The number of aryl methyl sites for hydroxylation is 1. The Bertz CT molecular complexity index is 793. The van der Waals surface area contributed by atoms with E-state index in [1.54, 1.807) is 16.7 Å². The molecule has 0 bridgehead atoms. The Morgan fingerprint density at radius 2 is 1.95 bits per heavy atom. The number of nitrogens with zero attached hydrogens (tertiary/aromatic N) is 2. The van der Waals surface area contributed by atoms with E-state index in [4.69, 9.17) is 5.73 Å². The fourth-order valence-corrected chi connectivity index (χ4v) is 2.35. The van der Waals surface area contributed by atoms with Crippen LogP contribution in [0.5, 0.6) is 0 Å². The van der Waals surface area contributed by atoms with Gasteiger partial charge in [-0.25, -0.2) is 13.8 Å². The number of para-hydroxylation sites is 1. The minimum Gasteiger partial charge on any atom is -0.399 e. The standard InChI is InChI=1S/C15H13F2N3/c1-2-20-13-5-3-4-12(17)14(13)19-15(20)10-8-9(18)6-7-11(10)16/h3-8H,2,18H2,1H3. The topological polar surface area (TPSA) is 43.8 Å². The van der Waals surface area contributed by atoms with Gasteiger partial charge in [-0.15, -0.1) is 0 Å². The van der Waals surface area contributed by atoms with Crippen LogP contribution >= 0.6 is 0 Å². The number of imidazole rings is 1. The zero-order valence-corrected chi connectivity index (χ0v) is 10.9. The highest BCUT2D eigenvalue weighted by atomic mass is 19.1. The fourth-order valence-electron chi connectivity index (χ4n) is 2.35. The minimum atomic E-state index is -0.426. The summed E-state index contributed by atoms with van der Waals surface area (Å²) in [7, 11) is 0. The van der Waals surface area contributed by atoms with Crippen LogP contribution in [0.15, 0.2) is 36.4 Å². The van der Waals surface area contributed by atoms with E-state index in [0.717, 1.165) is 0 Å². The first-order chi connectivity index (χ1) is 9.61. The Labute approximate surface area is 114 Å². The maximum atomic E-state index is 14.0. The van der Waals surface area contributed by atoms with Crippen LogP contribution in [-0.4, -0.2) is 9.55 Å². The van der Waals surface area contributed by atoms with E-state index >= 15 is 0 Å². The zero-order valence-electron chi connectivity index (χ0n) is 10.9. The molecule has 1 aromatic heterocycles. The molecule has 20 heavy (non-hydrogen) atoms. The van der Waals surface area contributed by atoms with Gasteiger partial charge in [0, 0.05) is 12.2 Å². The van der Waals surface area contributed by atoms with Crippen molar-refractivity contribution in [1.82, 2.24) is 9.55 Å². The monoisotopic (exact) mass is 273 g/mol. The van der Waals surface area contributed by atoms with Gasteiger partial charge < -0.3 is 10.3 Å². The van der Waals surface area contributed by atoms with Crippen molar-refractivity contribution in [1.29, 1.82) is 0 Å². The van der Waals surface area contributed by atoms with Crippen molar-refractivity contribution in [3.8, 4) is 11.4 Å². The second-order valence-electron chi connectivity index (χ2n) is 4.53. The van der Waals surface area contributed by atoms with Crippen molar-refractivity contribution >= 4 is 16.7 Å². The first-order valence-electron chi connectivity index (χ1n) is 6.32. The van der Waals surface area contributed by atoms with Crippen LogP contribution in [0.2, 0.25) is 0 Å². The number of hydrogen-bond acceptors (Lipinski definition) is 2. The lowest BCUT2D eigenvalue weighted by Crippen LogP contribution is -2.00. The number of nitrogen functional groups attached to an aromatic ring is 1. The van der Waals surface area contributed by atoms with E-state index in [0.29, 0.717) is 23.6 Å². The molecule has 3 aromatic rings. The molecule has 0 spiro atoms. The van der Waals surface area contributed by atoms with Gasteiger partial charge in [0.1, 0.15) is 17.2 Å². The van der Waals surface area contributed by atoms with Gasteiger partial charge in [0.15, 0.2) is 5.82 Å². The number of aromatic nitrogens is 2. The van der Waals surface area contributed by atoms with Crippen molar-refractivity contribution < 1.29 is 8.78 Å². The molecule has 0 aliphatic carbocycles. The first kappa shape index (κ1) is 12.6. The van der Waals surface area contributed by atoms with Gasteiger partial charge in [0.05, 0.1) is 11.1 Å². The van der Waals surface area contributed by atoms with E-state index in [9.17, 15) is 8.78 Å². The molecule has 0 fully saturated rings. The van der Waals surface area contributed by atoms with E-state index < -0.39 is 11.6 Å². The van der Waals surface area contributed by atoms with Crippen LogP contribution in [0.25, 0.3) is 22.4 Å². The van der Waals surface area contributed by atoms with Gasteiger partial charge in [0.25, 0.3) is 0 Å². The summed E-state index contributed by atoms with van der Waals surface area (Å²) in [5.41, 5.74) is 7.31. The molecule has 1 heterocycles. The van der Waals surface area contributed by atoms with Crippen molar-refractivity contribution in [2.24, 2.45) is 0 Å². The van der Waals surface area contributed by atoms with E-state index in [1.807, 2.05) is 6.92 Å². The summed E-state index contributed by atoms with van der Waals surface area (Å²) in [6, 6.07) is 9.02. The second-order valence-corrected chi connectivity index (χ2v) is 4.53. The molecule has 0 amide bonds. The lowest BCUT2D eigenvalue weighted by atomic mass is 10.1. The zero-order chi connectivity index (χ0) is 14.3. The van der Waals surface area contributed by atoms with E-state index in [1.165, 1.54) is 24.3 Å². The number of benzene rings is 2. The average molecular weight is 273 g/mol. The minimum absolute atomic E-state index is 0.242. The Kier molecular flexibility index (Phi) is 2.89. The van der Waals surface area contributed by atoms with Gasteiger partial charge in [-0.05, 0) is 37.3 Å². The van der Waals surface area contributed by atoms with Crippen LogP contribution in [0.1, 0.15) is 6.92 Å². The lowest BCUT2D eigenvalue weighted by molar-refractivity contribution is 0.627. The predicted molar refractivity (Wildman–Crippen MR) is 75.2 cm³/mol. The number of rotatable bonds is 2. The van der Waals surface area contributed by atoms with Gasteiger partial charge in [-0.2, -0.15) is 0 Å². The molecule has 0 unspecified atom stereocenters. The number of anilines is 1. The van der Waals surface area contributed by atoms with Crippen LogP contribution in [0, 0.1) is 11.6 Å². The van der Waals surface area contributed by atoms with Crippen LogP contribution in [-0.2, 0) is 6.54 Å². The normalized spacial score (nSPS) is 11.2. The highest BCUT2D eigenvalue weighted by molar-refractivity contribution is 5.81. The fraction of sp³-hybridized carbons (Fsp3) is 0.133. The molecule has 0 saturated carbocycles. The average Bonchev–Trinajstić information content (AvgIpc) is 2.81.